The molecule has 25 heavy (non-hydrogen) atoms. The van der Waals surface area contributed by atoms with Crippen LogP contribution in [0, 0.1) is 5.92 Å². The zero-order chi connectivity index (χ0) is 17.2. The molecule has 1 atom stereocenters. The highest BCUT2D eigenvalue weighted by molar-refractivity contribution is 6.03. The van der Waals surface area contributed by atoms with E-state index < -0.39 is 0 Å². The van der Waals surface area contributed by atoms with E-state index in [2.05, 4.69) is 4.98 Å². The van der Waals surface area contributed by atoms with Crippen molar-refractivity contribution < 1.29 is 9.59 Å². The van der Waals surface area contributed by atoms with E-state index in [0.717, 1.165) is 22.2 Å². The third-order valence-electron chi connectivity index (χ3n) is 4.63. The van der Waals surface area contributed by atoms with Gasteiger partial charge in [0.25, 0.3) is 0 Å². The molecule has 2 amide bonds. The number of likely N-dealkylation sites (tertiary alicyclic amines) is 1. The zero-order valence-corrected chi connectivity index (χ0v) is 13.8. The molecule has 3 aromatic rings. The van der Waals surface area contributed by atoms with Crippen molar-refractivity contribution in [1.29, 1.82) is 0 Å². The summed E-state index contributed by atoms with van der Waals surface area (Å²) in [5.41, 5.74) is 2.73. The maximum Gasteiger partial charge on any atom is 0.233 e. The van der Waals surface area contributed by atoms with E-state index in [1.807, 2.05) is 66.7 Å². The summed E-state index contributed by atoms with van der Waals surface area (Å²) in [6.07, 6.45) is 0.765. The Labute approximate surface area is 146 Å². The fraction of sp³-hybridized carbons (Fsp3) is 0.190. The number of fused-ring (bicyclic) bond motifs is 1. The van der Waals surface area contributed by atoms with Crippen molar-refractivity contribution in [3.63, 3.8) is 0 Å². The van der Waals surface area contributed by atoms with Gasteiger partial charge in [0.05, 0.1) is 18.0 Å². The summed E-state index contributed by atoms with van der Waals surface area (Å²) in [4.78, 5) is 31.0. The van der Waals surface area contributed by atoms with Gasteiger partial charge in [0.1, 0.15) is 0 Å². The molecule has 4 rings (SSSR count). The summed E-state index contributed by atoms with van der Waals surface area (Å²) >= 11 is 0. The third kappa shape index (κ3) is 3.15. The molecule has 2 aromatic carbocycles. The second-order valence-electron chi connectivity index (χ2n) is 6.40. The molecular formula is C21H18N2O2. The first-order valence-electron chi connectivity index (χ1n) is 8.43. The highest BCUT2D eigenvalue weighted by atomic mass is 16.2. The molecule has 4 nitrogen and oxygen atoms in total. The summed E-state index contributed by atoms with van der Waals surface area (Å²) in [7, 11) is 0. The normalized spacial score (nSPS) is 17.4. The van der Waals surface area contributed by atoms with Gasteiger partial charge in [-0.15, -0.1) is 0 Å². The number of nitrogens with zero attached hydrogens (tertiary/aromatic N) is 2. The smallest absolute Gasteiger partial charge is 0.233 e. The van der Waals surface area contributed by atoms with Crippen LogP contribution in [0.15, 0.2) is 66.7 Å². The monoisotopic (exact) mass is 330 g/mol. The lowest BCUT2D eigenvalue weighted by Crippen LogP contribution is -2.30. The fourth-order valence-electron chi connectivity index (χ4n) is 3.32. The Balaban J connectivity index is 1.51. The van der Waals surface area contributed by atoms with E-state index in [-0.39, 0.29) is 24.2 Å². The van der Waals surface area contributed by atoms with Crippen molar-refractivity contribution in [2.24, 2.45) is 5.92 Å². The lowest BCUT2D eigenvalue weighted by molar-refractivity contribution is -0.140. The Morgan fingerprint density at radius 3 is 2.52 bits per heavy atom. The zero-order valence-electron chi connectivity index (χ0n) is 13.8. The number of amides is 2. The minimum absolute atomic E-state index is 0.0937. The molecule has 0 radical (unpaired) electrons. The average molecular weight is 330 g/mol. The highest BCUT2D eigenvalue weighted by Gasteiger charge is 2.38. The van der Waals surface area contributed by atoms with E-state index in [0.29, 0.717) is 13.0 Å². The summed E-state index contributed by atoms with van der Waals surface area (Å²) < 4.78 is 0. The minimum atomic E-state index is -0.315. The van der Waals surface area contributed by atoms with Crippen LogP contribution in [0.3, 0.4) is 0 Å². The van der Waals surface area contributed by atoms with Crippen LogP contribution in [0.5, 0.6) is 0 Å². The largest absolute Gasteiger partial charge is 0.278 e. The number of pyridine rings is 1. The first kappa shape index (κ1) is 15.5. The number of benzene rings is 2. The van der Waals surface area contributed by atoms with Gasteiger partial charge in [0, 0.05) is 23.9 Å². The van der Waals surface area contributed by atoms with E-state index in [4.69, 9.17) is 0 Å². The predicted molar refractivity (Wildman–Crippen MR) is 95.6 cm³/mol. The molecular weight excluding hydrogens is 312 g/mol. The first-order valence-corrected chi connectivity index (χ1v) is 8.43. The molecule has 0 spiro atoms. The number of imide groups is 1. The maximum absolute atomic E-state index is 12.7. The molecule has 1 aliphatic heterocycles. The Morgan fingerprint density at radius 2 is 1.68 bits per heavy atom. The molecule has 124 valence electrons. The van der Waals surface area contributed by atoms with Gasteiger partial charge in [-0.25, -0.2) is 0 Å². The van der Waals surface area contributed by atoms with Crippen molar-refractivity contribution in [1.82, 2.24) is 9.88 Å². The van der Waals surface area contributed by atoms with E-state index >= 15 is 0 Å². The first-order chi connectivity index (χ1) is 12.2. The Hall–Kier alpha value is -3.01. The van der Waals surface area contributed by atoms with Gasteiger partial charge in [0.15, 0.2) is 0 Å². The van der Waals surface area contributed by atoms with Gasteiger partial charge >= 0.3 is 0 Å². The number of carbonyl (C=O) groups excluding carboxylic acids is 2. The van der Waals surface area contributed by atoms with Crippen LogP contribution < -0.4 is 0 Å². The van der Waals surface area contributed by atoms with Crippen LogP contribution in [0.2, 0.25) is 0 Å². The minimum Gasteiger partial charge on any atom is -0.278 e. The maximum atomic E-state index is 12.7. The fourth-order valence-corrected chi connectivity index (χ4v) is 3.32. The second-order valence-corrected chi connectivity index (χ2v) is 6.40. The van der Waals surface area contributed by atoms with Gasteiger partial charge in [-0.2, -0.15) is 0 Å². The Morgan fingerprint density at radius 1 is 0.920 bits per heavy atom. The Bertz CT molecular complexity index is 937. The van der Waals surface area contributed by atoms with Gasteiger partial charge in [0.2, 0.25) is 11.8 Å². The van der Waals surface area contributed by atoms with Crippen molar-refractivity contribution in [2.45, 2.75) is 19.4 Å². The number of aromatic nitrogens is 1. The number of rotatable bonds is 4. The van der Waals surface area contributed by atoms with Crippen LogP contribution >= 0.6 is 0 Å². The van der Waals surface area contributed by atoms with Gasteiger partial charge in [-0.05, 0) is 17.7 Å². The molecule has 1 fully saturated rings. The average Bonchev–Trinajstić information content (AvgIpc) is 2.90. The van der Waals surface area contributed by atoms with Gasteiger partial charge in [-0.3, -0.25) is 19.5 Å². The lowest BCUT2D eigenvalue weighted by atomic mass is 10.0. The number of hydrogen-bond donors (Lipinski definition) is 0. The Kier molecular flexibility index (Phi) is 4.02. The molecule has 1 unspecified atom stereocenters. The third-order valence-corrected chi connectivity index (χ3v) is 4.63. The number of hydrogen-bond acceptors (Lipinski definition) is 3. The molecule has 1 aliphatic rings. The molecule has 0 aliphatic carbocycles. The molecule has 0 saturated carbocycles. The van der Waals surface area contributed by atoms with Crippen molar-refractivity contribution in [2.75, 3.05) is 0 Å². The second kappa shape index (κ2) is 6.48. The molecule has 0 bridgehead atoms. The summed E-state index contributed by atoms with van der Waals surface area (Å²) in [6, 6.07) is 21.5. The molecule has 1 saturated heterocycles. The molecule has 2 heterocycles. The number of para-hydroxylation sites is 1. The summed E-state index contributed by atoms with van der Waals surface area (Å²) in [6.45, 7) is 0.347. The van der Waals surface area contributed by atoms with Crippen LogP contribution in [-0.4, -0.2) is 21.7 Å². The van der Waals surface area contributed by atoms with Crippen molar-refractivity contribution in [3.05, 3.63) is 78.0 Å². The number of carbonyl (C=O) groups is 2. The molecule has 4 heteroatoms. The standard InChI is InChI=1S/C21H18N2O2/c24-20-13-17(21(25)23(20)14-15-6-2-1-3-7-15)12-18-11-10-16-8-4-5-9-19(16)22-18/h1-11,17H,12-14H2. The topological polar surface area (TPSA) is 50.3 Å². The van der Waals surface area contributed by atoms with Gasteiger partial charge < -0.3 is 0 Å². The summed E-state index contributed by atoms with van der Waals surface area (Å²) in [5.74, 6) is -0.506. The van der Waals surface area contributed by atoms with E-state index in [9.17, 15) is 9.59 Å². The van der Waals surface area contributed by atoms with Crippen LogP contribution in [-0.2, 0) is 22.6 Å². The highest BCUT2D eigenvalue weighted by Crippen LogP contribution is 2.25. The summed E-state index contributed by atoms with van der Waals surface area (Å²) in [5, 5.41) is 1.07. The quantitative estimate of drug-likeness (QED) is 0.689. The van der Waals surface area contributed by atoms with Crippen LogP contribution in [0.25, 0.3) is 10.9 Å². The van der Waals surface area contributed by atoms with E-state index in [1.54, 1.807) is 0 Å². The van der Waals surface area contributed by atoms with E-state index in [1.165, 1.54) is 4.90 Å². The van der Waals surface area contributed by atoms with Crippen molar-refractivity contribution in [3.8, 4) is 0 Å². The lowest BCUT2D eigenvalue weighted by Gasteiger charge is -2.15. The van der Waals surface area contributed by atoms with Crippen molar-refractivity contribution >= 4 is 22.7 Å². The van der Waals surface area contributed by atoms with Crippen LogP contribution in [0.1, 0.15) is 17.7 Å². The van der Waals surface area contributed by atoms with Gasteiger partial charge in [-0.1, -0.05) is 54.6 Å². The predicted octanol–water partition coefficient (Wildman–Crippen LogP) is 3.35. The van der Waals surface area contributed by atoms with Crippen LogP contribution in [0.4, 0.5) is 0 Å². The molecule has 0 N–H and O–H groups in total. The SMILES string of the molecule is O=C1CC(Cc2ccc3ccccc3n2)C(=O)N1Cc1ccccc1. The molecule has 1 aromatic heterocycles.